The van der Waals surface area contributed by atoms with Crippen LogP contribution in [0, 0.1) is 0 Å². The Morgan fingerprint density at radius 1 is 0.456 bits per heavy atom. The number of aromatic amines is 3. The number of para-hydroxylation sites is 1. The first-order valence-electron chi connectivity index (χ1n) is 23.0. The minimum Gasteiger partial charge on any atom is -0.457 e. The van der Waals surface area contributed by atoms with E-state index in [2.05, 4.69) is 146 Å². The standard InChI is InChI=1S/C19H20ClN3O.C19H21N3.C18H19N3O/c1-14(2)23(13-19-21-10-11-22-19)16-4-3-5-18(12-16)24-17-8-6-15(20)7-9-17;1-15(2)22(14-19-20-11-12-21-19)18-10-6-9-17(13-18)16-7-4-3-5-8-16;1-2-21(14-18-19-11-12-20-18)15-7-6-10-17(13-15)22-16-8-4-3-5-9-16/h3-12,14H,13H2,1-2H3,(H,21,22);3-13,15H,14H2,1-2H3,(H,20,21);3-13H,2,14H2,1H3,(H,19,20). The van der Waals surface area contributed by atoms with Gasteiger partial charge in [0.2, 0.25) is 0 Å². The van der Waals surface area contributed by atoms with Gasteiger partial charge in [-0.2, -0.15) is 0 Å². The first-order chi connectivity index (χ1) is 33.2. The largest absolute Gasteiger partial charge is 0.457 e. The van der Waals surface area contributed by atoms with Gasteiger partial charge in [0.15, 0.2) is 0 Å². The zero-order chi connectivity index (χ0) is 47.5. The number of nitrogens with zero attached hydrogens (tertiary/aromatic N) is 6. The maximum Gasteiger partial charge on any atom is 0.129 e. The fourth-order valence-electron chi connectivity index (χ4n) is 7.41. The molecule has 6 aromatic carbocycles. The van der Waals surface area contributed by atoms with Gasteiger partial charge in [-0.1, -0.05) is 84.4 Å². The van der Waals surface area contributed by atoms with Crippen LogP contribution in [0.5, 0.6) is 23.0 Å². The molecule has 0 spiro atoms. The monoisotopic (exact) mass is 925 g/mol. The Labute approximate surface area is 405 Å². The molecular weight excluding hydrogens is 866 g/mol. The van der Waals surface area contributed by atoms with Crippen molar-refractivity contribution in [3.05, 3.63) is 217 Å². The van der Waals surface area contributed by atoms with E-state index in [1.165, 1.54) is 16.8 Å². The van der Waals surface area contributed by atoms with Crippen molar-refractivity contribution in [3.63, 3.8) is 0 Å². The molecule has 12 heteroatoms. The van der Waals surface area contributed by atoms with Crippen molar-refractivity contribution < 1.29 is 9.47 Å². The molecule has 9 rings (SSSR count). The molecule has 0 saturated carbocycles. The maximum absolute atomic E-state index is 5.93. The van der Waals surface area contributed by atoms with Crippen molar-refractivity contribution in [2.45, 2.75) is 66.3 Å². The summed E-state index contributed by atoms with van der Waals surface area (Å²) in [5.41, 5.74) is 5.90. The Bertz CT molecular complexity index is 2780. The van der Waals surface area contributed by atoms with Gasteiger partial charge in [0.1, 0.15) is 40.5 Å². The molecular formula is C56H60ClN9O2. The van der Waals surface area contributed by atoms with Crippen LogP contribution in [0.15, 0.2) is 195 Å². The molecule has 0 aliphatic carbocycles. The number of hydrogen-bond donors (Lipinski definition) is 3. The number of anilines is 3. The summed E-state index contributed by atoms with van der Waals surface area (Å²) in [6, 6.07) is 53.3. The number of imidazole rings is 3. The molecule has 9 aromatic rings. The Balaban J connectivity index is 0.000000151. The van der Waals surface area contributed by atoms with E-state index in [0.717, 1.165) is 78.0 Å². The second-order valence-corrected chi connectivity index (χ2v) is 16.9. The third kappa shape index (κ3) is 14.4. The van der Waals surface area contributed by atoms with Crippen LogP contribution in [0.2, 0.25) is 5.02 Å². The van der Waals surface area contributed by atoms with Crippen LogP contribution >= 0.6 is 11.6 Å². The van der Waals surface area contributed by atoms with Gasteiger partial charge in [0, 0.05) is 90.0 Å². The highest BCUT2D eigenvalue weighted by Gasteiger charge is 2.15. The molecule has 0 atom stereocenters. The highest BCUT2D eigenvalue weighted by molar-refractivity contribution is 6.30. The van der Waals surface area contributed by atoms with Crippen molar-refractivity contribution in [2.75, 3.05) is 21.2 Å². The highest BCUT2D eigenvalue weighted by Crippen LogP contribution is 2.30. The van der Waals surface area contributed by atoms with Crippen LogP contribution < -0.4 is 24.2 Å². The minimum absolute atomic E-state index is 0.334. The number of ether oxygens (including phenoxy) is 2. The third-order valence-corrected chi connectivity index (χ3v) is 11.2. The van der Waals surface area contributed by atoms with Gasteiger partial charge >= 0.3 is 0 Å². The third-order valence-electron chi connectivity index (χ3n) is 10.9. The summed E-state index contributed by atoms with van der Waals surface area (Å²) in [7, 11) is 0. The normalized spacial score (nSPS) is 10.7. The lowest BCUT2D eigenvalue weighted by Crippen LogP contribution is -2.30. The van der Waals surface area contributed by atoms with E-state index in [0.29, 0.717) is 17.1 Å². The topological polar surface area (TPSA) is 114 Å². The van der Waals surface area contributed by atoms with Crippen molar-refractivity contribution in [3.8, 4) is 34.1 Å². The van der Waals surface area contributed by atoms with Crippen LogP contribution in [-0.4, -0.2) is 48.5 Å². The highest BCUT2D eigenvalue weighted by atomic mass is 35.5. The molecule has 3 N–H and O–H groups in total. The van der Waals surface area contributed by atoms with Crippen LogP contribution in [0.1, 0.15) is 52.1 Å². The van der Waals surface area contributed by atoms with E-state index in [-0.39, 0.29) is 0 Å². The number of H-pyrrole nitrogens is 3. The Kier molecular flexibility index (Phi) is 17.5. The molecule has 0 amide bonds. The summed E-state index contributed by atoms with van der Waals surface area (Å²) in [4.78, 5) is 29.3. The second kappa shape index (κ2) is 24.7. The lowest BCUT2D eigenvalue weighted by molar-refractivity contribution is 0.482. The first kappa shape index (κ1) is 48.2. The second-order valence-electron chi connectivity index (χ2n) is 16.4. The Hall–Kier alpha value is -7.76. The summed E-state index contributed by atoms with van der Waals surface area (Å²) in [6.07, 6.45) is 10.9. The summed E-state index contributed by atoms with van der Waals surface area (Å²) < 4.78 is 11.8. The SMILES string of the molecule is CC(C)N(Cc1ncc[nH]1)c1cccc(-c2ccccc2)c1.CC(C)N(Cc1ncc[nH]1)c1cccc(Oc2ccc(Cl)cc2)c1.CCN(Cc1ncc[nH]1)c1cccc(Oc2ccccc2)c1. The zero-order valence-corrected chi connectivity index (χ0v) is 40.1. The van der Waals surface area contributed by atoms with Gasteiger partial charge in [0.05, 0.1) is 19.6 Å². The Morgan fingerprint density at radius 3 is 1.38 bits per heavy atom. The smallest absolute Gasteiger partial charge is 0.129 e. The molecule has 0 fully saturated rings. The molecule has 0 aliphatic rings. The molecule has 3 aromatic heterocycles. The van der Waals surface area contributed by atoms with Crippen molar-refractivity contribution >= 4 is 28.7 Å². The quantitative estimate of drug-likeness (QED) is 0.0827. The van der Waals surface area contributed by atoms with E-state index in [1.807, 2.05) is 110 Å². The van der Waals surface area contributed by atoms with Gasteiger partial charge in [-0.05, 0) is 119 Å². The van der Waals surface area contributed by atoms with E-state index in [4.69, 9.17) is 21.1 Å². The summed E-state index contributed by atoms with van der Waals surface area (Å²) in [5, 5.41) is 0.695. The van der Waals surface area contributed by atoms with E-state index < -0.39 is 0 Å². The molecule has 0 aliphatic heterocycles. The molecule has 0 bridgehead atoms. The zero-order valence-electron chi connectivity index (χ0n) is 39.3. The molecule has 0 unspecified atom stereocenters. The molecule has 0 radical (unpaired) electrons. The number of hydrogen-bond acceptors (Lipinski definition) is 8. The summed E-state index contributed by atoms with van der Waals surface area (Å²) in [6.45, 7) is 14.0. The number of halogens is 1. The Morgan fingerprint density at radius 2 is 0.882 bits per heavy atom. The molecule has 348 valence electrons. The van der Waals surface area contributed by atoms with Gasteiger partial charge in [0.25, 0.3) is 0 Å². The van der Waals surface area contributed by atoms with Gasteiger partial charge < -0.3 is 39.1 Å². The van der Waals surface area contributed by atoms with E-state index in [9.17, 15) is 0 Å². The number of rotatable bonds is 17. The van der Waals surface area contributed by atoms with Crippen LogP contribution in [0.4, 0.5) is 17.1 Å². The minimum atomic E-state index is 0.334. The first-order valence-corrected chi connectivity index (χ1v) is 23.3. The fourth-order valence-corrected chi connectivity index (χ4v) is 7.54. The molecule has 68 heavy (non-hydrogen) atoms. The molecule has 3 heterocycles. The maximum atomic E-state index is 5.93. The van der Waals surface area contributed by atoms with Crippen molar-refractivity contribution in [2.24, 2.45) is 0 Å². The molecule has 0 saturated heterocycles. The van der Waals surface area contributed by atoms with E-state index >= 15 is 0 Å². The lowest BCUT2D eigenvalue weighted by Gasteiger charge is -2.28. The number of nitrogens with one attached hydrogen (secondary N) is 3. The van der Waals surface area contributed by atoms with E-state index in [1.54, 1.807) is 18.6 Å². The van der Waals surface area contributed by atoms with Crippen LogP contribution in [0.25, 0.3) is 11.1 Å². The summed E-state index contributed by atoms with van der Waals surface area (Å²) in [5.74, 6) is 6.11. The van der Waals surface area contributed by atoms with Crippen LogP contribution in [-0.2, 0) is 19.6 Å². The fraction of sp³-hybridized carbons (Fsp3) is 0.196. The van der Waals surface area contributed by atoms with Gasteiger partial charge in [-0.25, -0.2) is 15.0 Å². The van der Waals surface area contributed by atoms with Gasteiger partial charge in [-0.3, -0.25) is 0 Å². The average Bonchev–Trinajstić information content (AvgIpc) is 4.20. The summed E-state index contributed by atoms with van der Waals surface area (Å²) >= 11 is 5.91. The van der Waals surface area contributed by atoms with Crippen molar-refractivity contribution in [1.82, 2.24) is 29.9 Å². The predicted molar refractivity (Wildman–Crippen MR) is 278 cm³/mol. The van der Waals surface area contributed by atoms with Crippen molar-refractivity contribution in [1.29, 1.82) is 0 Å². The lowest BCUT2D eigenvalue weighted by atomic mass is 10.0. The number of aromatic nitrogens is 6. The molecule has 11 nitrogen and oxygen atoms in total. The number of benzene rings is 6. The average molecular weight is 927 g/mol. The van der Waals surface area contributed by atoms with Crippen LogP contribution in [0.3, 0.4) is 0 Å². The van der Waals surface area contributed by atoms with Gasteiger partial charge in [-0.15, -0.1) is 0 Å². The predicted octanol–water partition coefficient (Wildman–Crippen LogP) is 14.0.